The zero-order valence-electron chi connectivity index (χ0n) is 7.78. The first kappa shape index (κ1) is 11.8. The molecule has 0 bridgehead atoms. The average molecular weight is 178 g/mol. The largest absolute Gasteiger partial charge is 0.391 e. The van der Waals surface area contributed by atoms with Crippen LogP contribution >= 0.6 is 0 Å². The fourth-order valence-electron chi connectivity index (χ4n) is 0.616. The number of hydrogen-bond acceptors (Lipinski definition) is 4. The minimum atomic E-state index is -0.399. The lowest BCUT2D eigenvalue weighted by atomic mass is 10.4. The lowest BCUT2D eigenvalue weighted by Crippen LogP contribution is -2.14. The molecule has 4 heteroatoms. The van der Waals surface area contributed by atoms with Crippen molar-refractivity contribution < 1.29 is 19.3 Å². The summed E-state index contributed by atoms with van der Waals surface area (Å²) in [6.07, 6.45) is -0.399. The van der Waals surface area contributed by atoms with Crippen molar-refractivity contribution in [3.63, 3.8) is 0 Å². The molecule has 1 N–H and O–H groups in total. The third kappa shape index (κ3) is 9.84. The van der Waals surface area contributed by atoms with Crippen molar-refractivity contribution in [1.29, 1.82) is 0 Å². The predicted molar refractivity (Wildman–Crippen MR) is 45.2 cm³/mol. The van der Waals surface area contributed by atoms with Gasteiger partial charge in [-0.05, 0) is 6.92 Å². The SMILES string of the molecule is COCCOCCOCC(C)O. The third-order valence-electron chi connectivity index (χ3n) is 1.16. The molecule has 1 unspecified atom stereocenters. The molecule has 0 aromatic carbocycles. The second kappa shape index (κ2) is 8.93. The topological polar surface area (TPSA) is 47.9 Å². The Morgan fingerprint density at radius 3 is 2.25 bits per heavy atom. The number of aliphatic hydroxyl groups is 1. The lowest BCUT2D eigenvalue weighted by Gasteiger charge is -2.06. The van der Waals surface area contributed by atoms with Gasteiger partial charge in [-0.2, -0.15) is 0 Å². The van der Waals surface area contributed by atoms with Gasteiger partial charge in [-0.25, -0.2) is 0 Å². The number of ether oxygens (including phenoxy) is 3. The normalized spacial score (nSPS) is 13.2. The van der Waals surface area contributed by atoms with Gasteiger partial charge < -0.3 is 19.3 Å². The summed E-state index contributed by atoms with van der Waals surface area (Å²) < 4.78 is 15.0. The van der Waals surface area contributed by atoms with Gasteiger partial charge in [0.05, 0.1) is 39.1 Å². The molecule has 0 rings (SSSR count). The van der Waals surface area contributed by atoms with E-state index < -0.39 is 6.10 Å². The Hall–Kier alpha value is -0.160. The summed E-state index contributed by atoms with van der Waals surface area (Å²) in [4.78, 5) is 0. The molecular formula is C8H18O4. The lowest BCUT2D eigenvalue weighted by molar-refractivity contribution is -0.000868. The van der Waals surface area contributed by atoms with Gasteiger partial charge in [0.15, 0.2) is 0 Å². The minimum absolute atomic E-state index is 0.369. The number of hydrogen-bond donors (Lipinski definition) is 1. The first-order valence-electron chi connectivity index (χ1n) is 4.10. The van der Waals surface area contributed by atoms with Crippen LogP contribution in [-0.4, -0.2) is 51.4 Å². The molecule has 0 aliphatic rings. The Bertz CT molecular complexity index is 85.1. The van der Waals surface area contributed by atoms with Crippen LogP contribution in [0, 0.1) is 0 Å². The average Bonchev–Trinajstić information content (AvgIpc) is 2.02. The highest BCUT2D eigenvalue weighted by atomic mass is 16.5. The van der Waals surface area contributed by atoms with Crippen LogP contribution in [0.1, 0.15) is 6.92 Å². The zero-order valence-corrected chi connectivity index (χ0v) is 7.78. The van der Waals surface area contributed by atoms with E-state index in [4.69, 9.17) is 19.3 Å². The molecule has 0 spiro atoms. The molecule has 0 radical (unpaired) electrons. The van der Waals surface area contributed by atoms with Crippen molar-refractivity contribution in [2.24, 2.45) is 0 Å². The Morgan fingerprint density at radius 2 is 1.67 bits per heavy atom. The van der Waals surface area contributed by atoms with Crippen LogP contribution in [0.3, 0.4) is 0 Å². The van der Waals surface area contributed by atoms with Crippen LogP contribution in [-0.2, 0) is 14.2 Å². The van der Waals surface area contributed by atoms with E-state index >= 15 is 0 Å². The van der Waals surface area contributed by atoms with Gasteiger partial charge in [-0.1, -0.05) is 0 Å². The Morgan fingerprint density at radius 1 is 1.08 bits per heavy atom. The molecule has 74 valence electrons. The Kier molecular flexibility index (Phi) is 8.81. The summed E-state index contributed by atoms with van der Waals surface area (Å²) in [6.45, 7) is 4.33. The van der Waals surface area contributed by atoms with Gasteiger partial charge in [-0.3, -0.25) is 0 Å². The Balaban J connectivity index is 2.82. The molecule has 0 aliphatic carbocycles. The van der Waals surface area contributed by atoms with E-state index in [1.54, 1.807) is 14.0 Å². The van der Waals surface area contributed by atoms with Crippen LogP contribution in [0.15, 0.2) is 0 Å². The van der Waals surface area contributed by atoms with Gasteiger partial charge in [0.25, 0.3) is 0 Å². The molecule has 0 aliphatic heterocycles. The van der Waals surface area contributed by atoms with Crippen molar-refractivity contribution in [1.82, 2.24) is 0 Å². The quantitative estimate of drug-likeness (QED) is 0.533. The highest BCUT2D eigenvalue weighted by Crippen LogP contribution is 1.83. The van der Waals surface area contributed by atoms with E-state index in [0.717, 1.165) is 0 Å². The fourth-order valence-corrected chi connectivity index (χ4v) is 0.616. The second-order valence-corrected chi connectivity index (χ2v) is 2.53. The molecule has 0 amide bonds. The van der Waals surface area contributed by atoms with Crippen molar-refractivity contribution >= 4 is 0 Å². The summed E-state index contributed by atoms with van der Waals surface area (Å²) in [5, 5.41) is 8.81. The van der Waals surface area contributed by atoms with Gasteiger partial charge in [0, 0.05) is 7.11 Å². The number of aliphatic hydroxyl groups excluding tert-OH is 1. The number of rotatable bonds is 8. The molecule has 4 nitrogen and oxygen atoms in total. The molecular weight excluding hydrogens is 160 g/mol. The maximum atomic E-state index is 8.81. The van der Waals surface area contributed by atoms with E-state index in [-0.39, 0.29) is 0 Å². The van der Waals surface area contributed by atoms with Crippen molar-refractivity contribution in [3.8, 4) is 0 Å². The fraction of sp³-hybridized carbons (Fsp3) is 1.00. The van der Waals surface area contributed by atoms with E-state index in [2.05, 4.69) is 0 Å². The van der Waals surface area contributed by atoms with Crippen LogP contribution in [0.4, 0.5) is 0 Å². The van der Waals surface area contributed by atoms with Crippen LogP contribution < -0.4 is 0 Å². The van der Waals surface area contributed by atoms with Gasteiger partial charge >= 0.3 is 0 Å². The number of methoxy groups -OCH3 is 1. The van der Waals surface area contributed by atoms with E-state index in [9.17, 15) is 0 Å². The monoisotopic (exact) mass is 178 g/mol. The highest BCUT2D eigenvalue weighted by molar-refractivity contribution is 4.40. The van der Waals surface area contributed by atoms with E-state index in [1.165, 1.54) is 0 Å². The first-order valence-corrected chi connectivity index (χ1v) is 4.10. The second-order valence-electron chi connectivity index (χ2n) is 2.53. The summed E-state index contributed by atoms with van der Waals surface area (Å²) in [7, 11) is 1.63. The maximum Gasteiger partial charge on any atom is 0.0745 e. The van der Waals surface area contributed by atoms with Crippen LogP contribution in [0.5, 0.6) is 0 Å². The predicted octanol–water partition coefficient (Wildman–Crippen LogP) is 0.0468. The zero-order chi connectivity index (χ0) is 9.23. The first-order chi connectivity index (χ1) is 5.77. The van der Waals surface area contributed by atoms with Crippen LogP contribution in [0.2, 0.25) is 0 Å². The molecule has 0 aromatic rings. The molecule has 0 saturated heterocycles. The van der Waals surface area contributed by atoms with E-state index in [0.29, 0.717) is 33.0 Å². The smallest absolute Gasteiger partial charge is 0.0745 e. The molecule has 0 fully saturated rings. The molecule has 0 aromatic heterocycles. The van der Waals surface area contributed by atoms with Crippen LogP contribution in [0.25, 0.3) is 0 Å². The standard InChI is InChI=1S/C8H18O4/c1-8(9)7-12-6-5-11-4-3-10-2/h8-9H,3-7H2,1-2H3. The van der Waals surface area contributed by atoms with Gasteiger partial charge in [-0.15, -0.1) is 0 Å². The molecule has 1 atom stereocenters. The molecule has 0 heterocycles. The minimum Gasteiger partial charge on any atom is -0.391 e. The summed E-state index contributed by atoms with van der Waals surface area (Å²) in [6, 6.07) is 0. The van der Waals surface area contributed by atoms with Crippen molar-refractivity contribution in [3.05, 3.63) is 0 Å². The van der Waals surface area contributed by atoms with Crippen molar-refractivity contribution in [2.45, 2.75) is 13.0 Å². The van der Waals surface area contributed by atoms with Gasteiger partial charge in [0.2, 0.25) is 0 Å². The maximum absolute atomic E-state index is 8.81. The van der Waals surface area contributed by atoms with E-state index in [1.807, 2.05) is 0 Å². The summed E-state index contributed by atoms with van der Waals surface area (Å²) in [5.74, 6) is 0. The molecule has 0 saturated carbocycles. The summed E-state index contributed by atoms with van der Waals surface area (Å²) >= 11 is 0. The highest BCUT2D eigenvalue weighted by Gasteiger charge is 1.94. The van der Waals surface area contributed by atoms with Gasteiger partial charge in [0.1, 0.15) is 0 Å². The summed E-state index contributed by atoms with van der Waals surface area (Å²) in [5.41, 5.74) is 0. The molecule has 12 heavy (non-hydrogen) atoms. The van der Waals surface area contributed by atoms with Crippen molar-refractivity contribution in [2.75, 3.05) is 40.1 Å². The third-order valence-corrected chi connectivity index (χ3v) is 1.16. The Labute approximate surface area is 73.4 Å².